The first-order valence-electron chi connectivity index (χ1n) is 7.76. The fourth-order valence-electron chi connectivity index (χ4n) is 3.40. The van der Waals surface area contributed by atoms with Crippen LogP contribution in [0, 0.1) is 5.82 Å². The molecule has 0 spiro atoms. The summed E-state index contributed by atoms with van der Waals surface area (Å²) in [5, 5.41) is 8.68. The smallest absolute Gasteiger partial charge is 0.274 e. The summed E-state index contributed by atoms with van der Waals surface area (Å²) in [6.45, 7) is 3.02. The fraction of sp³-hybridized carbons (Fsp3) is 0.562. The number of ether oxygens (including phenoxy) is 1. The molecular formula is C16H21FN2O3. The third-order valence-electron chi connectivity index (χ3n) is 4.62. The van der Waals surface area contributed by atoms with Crippen LogP contribution in [0.25, 0.3) is 0 Å². The molecule has 1 atom stereocenters. The van der Waals surface area contributed by atoms with Gasteiger partial charge in [-0.3, -0.25) is 14.9 Å². The van der Waals surface area contributed by atoms with E-state index < -0.39 is 5.91 Å². The molecule has 2 aliphatic heterocycles. The highest BCUT2D eigenvalue weighted by Crippen LogP contribution is 2.27. The van der Waals surface area contributed by atoms with Crippen LogP contribution in [0.15, 0.2) is 12.1 Å². The third-order valence-corrected chi connectivity index (χ3v) is 4.62. The van der Waals surface area contributed by atoms with Gasteiger partial charge in [-0.15, -0.1) is 0 Å². The summed E-state index contributed by atoms with van der Waals surface area (Å²) in [4.78, 5) is 13.8. The van der Waals surface area contributed by atoms with Crippen LogP contribution in [0.4, 0.5) is 4.39 Å². The minimum atomic E-state index is -0.676. The van der Waals surface area contributed by atoms with Crippen LogP contribution >= 0.6 is 0 Å². The summed E-state index contributed by atoms with van der Waals surface area (Å²) in [6.07, 6.45) is 3.84. The average Bonchev–Trinajstić information content (AvgIpc) is 2.83. The zero-order chi connectivity index (χ0) is 15.5. The molecule has 0 aromatic heterocycles. The van der Waals surface area contributed by atoms with Crippen LogP contribution in [-0.4, -0.2) is 41.8 Å². The first kappa shape index (κ1) is 15.4. The maximum Gasteiger partial charge on any atom is 0.274 e. The molecule has 1 aromatic carbocycles. The number of benzene rings is 1. The van der Waals surface area contributed by atoms with Crippen molar-refractivity contribution in [2.24, 2.45) is 0 Å². The van der Waals surface area contributed by atoms with E-state index in [1.807, 2.05) is 0 Å². The lowest BCUT2D eigenvalue weighted by molar-refractivity contribution is 0.0705. The van der Waals surface area contributed by atoms with Crippen molar-refractivity contribution in [3.8, 4) is 0 Å². The SMILES string of the molecule is O=C(NO)c1cc(F)c2c(c1)CCN(C1CCCOCC1)C2. The highest BCUT2D eigenvalue weighted by molar-refractivity contribution is 5.93. The molecule has 3 rings (SSSR count). The lowest BCUT2D eigenvalue weighted by Gasteiger charge is -2.35. The number of hydrogen-bond donors (Lipinski definition) is 2. The number of hydroxylamine groups is 1. The van der Waals surface area contributed by atoms with E-state index in [1.165, 1.54) is 6.07 Å². The Morgan fingerprint density at radius 2 is 2.23 bits per heavy atom. The van der Waals surface area contributed by atoms with E-state index in [9.17, 15) is 9.18 Å². The molecule has 1 saturated heterocycles. The quantitative estimate of drug-likeness (QED) is 0.647. The molecule has 6 heteroatoms. The van der Waals surface area contributed by atoms with Gasteiger partial charge in [0, 0.05) is 43.5 Å². The van der Waals surface area contributed by atoms with Crippen molar-refractivity contribution < 1.29 is 19.1 Å². The van der Waals surface area contributed by atoms with Gasteiger partial charge in [0.25, 0.3) is 5.91 Å². The minimum absolute atomic E-state index is 0.162. The van der Waals surface area contributed by atoms with Crippen LogP contribution in [0.3, 0.4) is 0 Å². The third kappa shape index (κ3) is 3.14. The molecule has 1 unspecified atom stereocenters. The zero-order valence-corrected chi connectivity index (χ0v) is 12.5. The normalized spacial score (nSPS) is 22.7. The topological polar surface area (TPSA) is 61.8 Å². The highest BCUT2D eigenvalue weighted by Gasteiger charge is 2.27. The van der Waals surface area contributed by atoms with Crippen molar-refractivity contribution in [1.29, 1.82) is 0 Å². The van der Waals surface area contributed by atoms with Crippen LogP contribution in [0.2, 0.25) is 0 Å². The van der Waals surface area contributed by atoms with Gasteiger partial charge in [-0.2, -0.15) is 0 Å². The summed E-state index contributed by atoms with van der Waals surface area (Å²) in [5.74, 6) is -1.05. The average molecular weight is 308 g/mol. The van der Waals surface area contributed by atoms with E-state index >= 15 is 0 Å². The maximum atomic E-state index is 14.3. The summed E-state index contributed by atoms with van der Waals surface area (Å²) < 4.78 is 19.8. The second kappa shape index (κ2) is 6.73. The number of rotatable bonds is 2. The van der Waals surface area contributed by atoms with Crippen molar-refractivity contribution >= 4 is 5.91 Å². The van der Waals surface area contributed by atoms with Crippen molar-refractivity contribution in [2.75, 3.05) is 19.8 Å². The van der Waals surface area contributed by atoms with E-state index in [1.54, 1.807) is 11.5 Å². The number of carbonyl (C=O) groups excluding carboxylic acids is 1. The summed E-state index contributed by atoms with van der Waals surface area (Å²) in [5.41, 5.74) is 3.25. The molecule has 22 heavy (non-hydrogen) atoms. The number of nitrogens with zero attached hydrogens (tertiary/aromatic N) is 1. The van der Waals surface area contributed by atoms with Crippen molar-refractivity contribution in [2.45, 2.75) is 38.3 Å². The van der Waals surface area contributed by atoms with Crippen LogP contribution < -0.4 is 5.48 Å². The Kier molecular flexibility index (Phi) is 4.71. The molecular weight excluding hydrogens is 287 g/mol. The Bertz CT molecular complexity index is 557. The molecule has 0 radical (unpaired) electrons. The van der Waals surface area contributed by atoms with Gasteiger partial charge in [-0.1, -0.05) is 0 Å². The Morgan fingerprint density at radius 3 is 3.05 bits per heavy atom. The molecule has 2 heterocycles. The first-order valence-corrected chi connectivity index (χ1v) is 7.76. The molecule has 2 aliphatic rings. The second-order valence-electron chi connectivity index (χ2n) is 5.95. The number of fused-ring (bicyclic) bond motifs is 1. The van der Waals surface area contributed by atoms with Gasteiger partial charge in [0.2, 0.25) is 0 Å². The van der Waals surface area contributed by atoms with Crippen LogP contribution in [-0.2, 0) is 17.7 Å². The molecule has 2 N–H and O–H groups in total. The van der Waals surface area contributed by atoms with Crippen LogP contribution in [0.1, 0.15) is 40.7 Å². The van der Waals surface area contributed by atoms with E-state index in [0.29, 0.717) is 18.2 Å². The van der Waals surface area contributed by atoms with E-state index in [-0.39, 0.29) is 11.4 Å². The molecule has 0 saturated carbocycles. The molecule has 1 fully saturated rings. The summed E-state index contributed by atoms with van der Waals surface area (Å²) in [6, 6.07) is 3.32. The van der Waals surface area contributed by atoms with E-state index in [0.717, 1.165) is 51.0 Å². The Balaban J connectivity index is 1.79. The summed E-state index contributed by atoms with van der Waals surface area (Å²) in [7, 11) is 0. The lowest BCUT2D eigenvalue weighted by Crippen LogP contribution is -2.40. The monoisotopic (exact) mass is 308 g/mol. The summed E-state index contributed by atoms with van der Waals surface area (Å²) >= 11 is 0. The van der Waals surface area contributed by atoms with Gasteiger partial charge in [0.1, 0.15) is 5.82 Å². The van der Waals surface area contributed by atoms with Crippen molar-refractivity contribution in [1.82, 2.24) is 10.4 Å². The van der Waals surface area contributed by atoms with Gasteiger partial charge in [-0.05, 0) is 43.4 Å². The molecule has 120 valence electrons. The van der Waals surface area contributed by atoms with Gasteiger partial charge < -0.3 is 4.74 Å². The van der Waals surface area contributed by atoms with Gasteiger partial charge in [0.15, 0.2) is 0 Å². The second-order valence-corrected chi connectivity index (χ2v) is 5.95. The zero-order valence-electron chi connectivity index (χ0n) is 12.5. The Morgan fingerprint density at radius 1 is 1.36 bits per heavy atom. The first-order chi connectivity index (χ1) is 10.7. The number of carbonyl (C=O) groups is 1. The molecule has 5 nitrogen and oxygen atoms in total. The molecule has 1 amide bonds. The Labute approximate surface area is 129 Å². The molecule has 0 aliphatic carbocycles. The maximum absolute atomic E-state index is 14.3. The number of halogens is 1. The molecule has 1 aromatic rings. The number of amides is 1. The van der Waals surface area contributed by atoms with Gasteiger partial charge >= 0.3 is 0 Å². The van der Waals surface area contributed by atoms with Gasteiger partial charge in [-0.25, -0.2) is 9.87 Å². The predicted molar refractivity (Wildman–Crippen MR) is 78.2 cm³/mol. The largest absolute Gasteiger partial charge is 0.381 e. The lowest BCUT2D eigenvalue weighted by atomic mass is 9.94. The minimum Gasteiger partial charge on any atom is -0.381 e. The van der Waals surface area contributed by atoms with E-state index in [4.69, 9.17) is 9.94 Å². The van der Waals surface area contributed by atoms with Crippen molar-refractivity contribution in [3.63, 3.8) is 0 Å². The standard InChI is InChI=1S/C16H21FN2O3/c17-15-9-12(16(20)18-21)8-11-3-5-19(10-14(11)15)13-2-1-6-22-7-4-13/h8-9,13,21H,1-7,10H2,(H,18,20). The van der Waals surface area contributed by atoms with Gasteiger partial charge in [0.05, 0.1) is 0 Å². The van der Waals surface area contributed by atoms with E-state index in [2.05, 4.69) is 4.90 Å². The van der Waals surface area contributed by atoms with Crippen molar-refractivity contribution in [3.05, 3.63) is 34.6 Å². The number of hydrogen-bond acceptors (Lipinski definition) is 4. The molecule has 0 bridgehead atoms. The highest BCUT2D eigenvalue weighted by atomic mass is 19.1. The van der Waals surface area contributed by atoms with Crippen LogP contribution in [0.5, 0.6) is 0 Å². The number of nitrogens with one attached hydrogen (secondary N) is 1. The predicted octanol–water partition coefficient (Wildman–Crippen LogP) is 1.87. The Hall–Kier alpha value is -1.50. The fourth-order valence-corrected chi connectivity index (χ4v) is 3.40.